The Labute approximate surface area is 150 Å². The highest BCUT2D eigenvalue weighted by Crippen LogP contribution is 2.19. The lowest BCUT2D eigenvalue weighted by atomic mass is 10.1. The zero-order valence-electron chi connectivity index (χ0n) is 13.2. The highest BCUT2D eigenvalue weighted by atomic mass is 79.9. The summed E-state index contributed by atoms with van der Waals surface area (Å²) in [5.74, 6) is -0.0278. The van der Waals surface area contributed by atoms with Gasteiger partial charge in [0.1, 0.15) is 0 Å². The van der Waals surface area contributed by atoms with Crippen molar-refractivity contribution < 1.29 is 9.53 Å². The van der Waals surface area contributed by atoms with Crippen molar-refractivity contribution in [2.24, 2.45) is 0 Å². The van der Waals surface area contributed by atoms with Gasteiger partial charge in [-0.05, 0) is 48.5 Å². The number of anilines is 2. The van der Waals surface area contributed by atoms with Gasteiger partial charge in [-0.25, -0.2) is 0 Å². The number of benzene rings is 2. The van der Waals surface area contributed by atoms with Crippen LogP contribution in [0.2, 0.25) is 0 Å². The van der Waals surface area contributed by atoms with E-state index in [2.05, 4.69) is 38.3 Å². The van der Waals surface area contributed by atoms with Gasteiger partial charge in [-0.3, -0.25) is 4.79 Å². The molecule has 4 nitrogen and oxygen atoms in total. The number of ketones is 1. The van der Waals surface area contributed by atoms with Crippen molar-refractivity contribution in [3.8, 4) is 0 Å². The summed E-state index contributed by atoms with van der Waals surface area (Å²) >= 11 is 3.36. The number of halogens is 1. The SMILES string of the molecule is O=C(/C=C/Nc1ccc(N2CCOCC2)cc1)c1ccc(Br)cc1. The lowest BCUT2D eigenvalue weighted by molar-refractivity contribution is 0.104. The van der Waals surface area contributed by atoms with Gasteiger partial charge in [-0.15, -0.1) is 0 Å². The Morgan fingerprint density at radius 1 is 1.04 bits per heavy atom. The first-order chi connectivity index (χ1) is 11.7. The summed E-state index contributed by atoms with van der Waals surface area (Å²) in [5, 5.41) is 3.13. The van der Waals surface area contributed by atoms with Crippen molar-refractivity contribution in [1.82, 2.24) is 0 Å². The molecule has 0 aliphatic carbocycles. The highest BCUT2D eigenvalue weighted by molar-refractivity contribution is 9.10. The van der Waals surface area contributed by atoms with E-state index in [1.807, 2.05) is 24.3 Å². The Balaban J connectivity index is 1.56. The quantitative estimate of drug-likeness (QED) is 0.620. The van der Waals surface area contributed by atoms with Crippen LogP contribution in [0.25, 0.3) is 0 Å². The van der Waals surface area contributed by atoms with Crippen LogP contribution in [0.5, 0.6) is 0 Å². The molecule has 0 radical (unpaired) electrons. The van der Waals surface area contributed by atoms with Crippen molar-refractivity contribution in [3.05, 3.63) is 70.8 Å². The Morgan fingerprint density at radius 3 is 2.38 bits per heavy atom. The normalized spacial score (nSPS) is 14.8. The van der Waals surface area contributed by atoms with Crippen molar-refractivity contribution in [2.45, 2.75) is 0 Å². The number of allylic oxidation sites excluding steroid dienone is 1. The number of carbonyl (C=O) groups excluding carboxylic acids is 1. The standard InChI is InChI=1S/C19H19BrN2O2/c20-16-3-1-15(2-4-16)19(23)9-10-21-17-5-7-18(8-6-17)22-11-13-24-14-12-22/h1-10,21H,11-14H2/b10-9+. The molecule has 3 rings (SSSR count). The van der Waals surface area contributed by atoms with Gasteiger partial charge < -0.3 is 15.0 Å². The zero-order chi connectivity index (χ0) is 16.8. The van der Waals surface area contributed by atoms with Crippen LogP contribution in [-0.2, 0) is 4.74 Å². The van der Waals surface area contributed by atoms with Gasteiger partial charge in [0, 0.05) is 46.8 Å². The van der Waals surface area contributed by atoms with Crippen molar-refractivity contribution in [3.63, 3.8) is 0 Å². The molecule has 5 heteroatoms. The minimum Gasteiger partial charge on any atom is -0.378 e. The third kappa shape index (κ3) is 4.46. The van der Waals surface area contributed by atoms with Crippen LogP contribution in [0.15, 0.2) is 65.3 Å². The fourth-order valence-electron chi connectivity index (χ4n) is 2.51. The number of nitrogens with zero attached hydrogens (tertiary/aromatic N) is 1. The van der Waals surface area contributed by atoms with Crippen molar-refractivity contribution in [2.75, 3.05) is 36.5 Å². The fourth-order valence-corrected chi connectivity index (χ4v) is 2.78. The Hall–Kier alpha value is -2.11. The van der Waals surface area contributed by atoms with Gasteiger partial charge in [0.05, 0.1) is 13.2 Å². The number of rotatable bonds is 5. The maximum Gasteiger partial charge on any atom is 0.187 e. The van der Waals surface area contributed by atoms with E-state index in [1.165, 1.54) is 5.69 Å². The largest absolute Gasteiger partial charge is 0.378 e. The van der Waals surface area contributed by atoms with Gasteiger partial charge >= 0.3 is 0 Å². The first kappa shape index (κ1) is 16.7. The van der Waals surface area contributed by atoms with E-state index >= 15 is 0 Å². The van der Waals surface area contributed by atoms with Crippen LogP contribution in [0, 0.1) is 0 Å². The number of hydrogen-bond donors (Lipinski definition) is 1. The summed E-state index contributed by atoms with van der Waals surface area (Å²) in [6, 6.07) is 15.5. The summed E-state index contributed by atoms with van der Waals surface area (Å²) in [6.45, 7) is 3.41. The molecule has 0 atom stereocenters. The lowest BCUT2D eigenvalue weighted by Gasteiger charge is -2.28. The van der Waals surface area contributed by atoms with Gasteiger partial charge in [0.15, 0.2) is 5.78 Å². The second kappa shape index (κ2) is 8.13. The van der Waals surface area contributed by atoms with E-state index in [-0.39, 0.29) is 5.78 Å². The topological polar surface area (TPSA) is 41.6 Å². The molecule has 1 heterocycles. The lowest BCUT2D eigenvalue weighted by Crippen LogP contribution is -2.36. The van der Waals surface area contributed by atoms with Crippen LogP contribution < -0.4 is 10.2 Å². The van der Waals surface area contributed by atoms with Crippen LogP contribution in [-0.4, -0.2) is 32.1 Å². The van der Waals surface area contributed by atoms with Crippen LogP contribution in [0.1, 0.15) is 10.4 Å². The average molecular weight is 387 g/mol. The highest BCUT2D eigenvalue weighted by Gasteiger charge is 2.10. The predicted octanol–water partition coefficient (Wildman–Crippen LogP) is 4.09. The molecule has 1 saturated heterocycles. The molecule has 0 spiro atoms. The van der Waals surface area contributed by atoms with Gasteiger partial charge in [0.2, 0.25) is 0 Å². The Bertz CT molecular complexity index is 705. The molecule has 124 valence electrons. The first-order valence-electron chi connectivity index (χ1n) is 7.88. The van der Waals surface area contributed by atoms with E-state index in [4.69, 9.17) is 4.74 Å². The molecule has 0 amide bonds. The molecule has 0 saturated carbocycles. The first-order valence-corrected chi connectivity index (χ1v) is 8.67. The third-order valence-electron chi connectivity index (χ3n) is 3.86. The summed E-state index contributed by atoms with van der Waals surface area (Å²) in [7, 11) is 0. The number of nitrogens with one attached hydrogen (secondary N) is 1. The zero-order valence-corrected chi connectivity index (χ0v) is 14.8. The molecule has 2 aromatic carbocycles. The summed E-state index contributed by atoms with van der Waals surface area (Å²) < 4.78 is 6.33. The van der Waals surface area contributed by atoms with Gasteiger partial charge in [-0.2, -0.15) is 0 Å². The van der Waals surface area contributed by atoms with E-state index in [0.717, 1.165) is 36.5 Å². The predicted molar refractivity (Wildman–Crippen MR) is 101 cm³/mol. The van der Waals surface area contributed by atoms with Crippen molar-refractivity contribution in [1.29, 1.82) is 0 Å². The van der Waals surface area contributed by atoms with E-state index in [0.29, 0.717) is 5.56 Å². The molecule has 1 N–H and O–H groups in total. The molecule has 0 aromatic heterocycles. The van der Waals surface area contributed by atoms with Gasteiger partial charge in [-0.1, -0.05) is 15.9 Å². The van der Waals surface area contributed by atoms with Crippen LogP contribution in [0.3, 0.4) is 0 Å². The van der Waals surface area contributed by atoms with E-state index < -0.39 is 0 Å². The Morgan fingerprint density at radius 2 is 1.71 bits per heavy atom. The van der Waals surface area contributed by atoms with Gasteiger partial charge in [0.25, 0.3) is 0 Å². The molecule has 1 aliphatic rings. The molecule has 1 fully saturated rings. The maximum atomic E-state index is 12.0. The smallest absolute Gasteiger partial charge is 0.187 e. The second-order valence-electron chi connectivity index (χ2n) is 5.50. The van der Waals surface area contributed by atoms with Crippen molar-refractivity contribution >= 4 is 33.1 Å². The minimum absolute atomic E-state index is 0.0278. The van der Waals surface area contributed by atoms with E-state index in [1.54, 1.807) is 24.4 Å². The third-order valence-corrected chi connectivity index (χ3v) is 4.39. The average Bonchev–Trinajstić information content (AvgIpc) is 2.63. The second-order valence-corrected chi connectivity index (χ2v) is 6.41. The molecular formula is C19H19BrN2O2. The summed E-state index contributed by atoms with van der Waals surface area (Å²) in [4.78, 5) is 14.4. The number of morpholine rings is 1. The fraction of sp³-hybridized carbons (Fsp3) is 0.211. The van der Waals surface area contributed by atoms with Crippen LogP contribution >= 0.6 is 15.9 Å². The molecular weight excluding hydrogens is 368 g/mol. The minimum atomic E-state index is -0.0278. The molecule has 24 heavy (non-hydrogen) atoms. The molecule has 2 aromatic rings. The maximum absolute atomic E-state index is 12.0. The Kier molecular flexibility index (Phi) is 5.67. The van der Waals surface area contributed by atoms with Crippen LogP contribution in [0.4, 0.5) is 11.4 Å². The van der Waals surface area contributed by atoms with E-state index in [9.17, 15) is 4.79 Å². The number of hydrogen-bond acceptors (Lipinski definition) is 4. The molecule has 0 unspecified atom stereocenters. The monoisotopic (exact) mass is 386 g/mol. The summed E-state index contributed by atoms with van der Waals surface area (Å²) in [6.07, 6.45) is 3.22. The number of ether oxygens (including phenoxy) is 1. The molecule has 0 bridgehead atoms. The number of carbonyl (C=O) groups is 1. The molecule has 1 aliphatic heterocycles. The summed E-state index contributed by atoms with van der Waals surface area (Å²) in [5.41, 5.74) is 2.81.